The van der Waals surface area contributed by atoms with Crippen LogP contribution in [0.3, 0.4) is 0 Å². The van der Waals surface area contributed by atoms with E-state index in [-0.39, 0.29) is 0 Å². The monoisotopic (exact) mass is 343 g/mol. The molecule has 0 aliphatic carbocycles. The number of nitrogens with one attached hydrogen (secondary N) is 1. The largest absolute Gasteiger partial charge is 0.458 e. The minimum Gasteiger partial charge on any atom is -0.458 e. The van der Waals surface area contributed by atoms with Gasteiger partial charge in [0.25, 0.3) is 0 Å². The van der Waals surface area contributed by atoms with Crippen LogP contribution in [0.2, 0.25) is 5.02 Å². The van der Waals surface area contributed by atoms with E-state index in [2.05, 4.69) is 42.0 Å². The Kier molecular flexibility index (Phi) is 4.93. The Bertz CT molecular complexity index is 577. The highest BCUT2D eigenvalue weighted by molar-refractivity contribution is 9.10. The van der Waals surface area contributed by atoms with E-state index in [9.17, 15) is 0 Å². The first-order valence-corrected chi connectivity index (χ1v) is 7.83. The SMILES string of the molecule is CCCc1c(CNC(C)C)oc2c(Cl)ccc(Br)c12. The second-order valence-electron chi connectivity index (χ2n) is 5.02. The third kappa shape index (κ3) is 3.15. The zero-order chi connectivity index (χ0) is 14.0. The Balaban J connectivity index is 2.53. The summed E-state index contributed by atoms with van der Waals surface area (Å²) >= 11 is 9.85. The molecule has 1 N–H and O–H groups in total. The van der Waals surface area contributed by atoms with E-state index >= 15 is 0 Å². The molecule has 0 amide bonds. The highest BCUT2D eigenvalue weighted by Gasteiger charge is 2.18. The van der Waals surface area contributed by atoms with E-state index in [4.69, 9.17) is 16.0 Å². The lowest BCUT2D eigenvalue weighted by molar-refractivity contribution is 0.483. The molecule has 104 valence electrons. The predicted octanol–water partition coefficient (Wildman–Crippen LogP) is 5.30. The molecule has 0 aliphatic heterocycles. The summed E-state index contributed by atoms with van der Waals surface area (Å²) in [5.41, 5.74) is 2.06. The van der Waals surface area contributed by atoms with Gasteiger partial charge in [-0.25, -0.2) is 0 Å². The van der Waals surface area contributed by atoms with Crippen LogP contribution in [0.15, 0.2) is 21.0 Å². The summed E-state index contributed by atoms with van der Waals surface area (Å²) in [5, 5.41) is 5.20. The number of fused-ring (bicyclic) bond motifs is 1. The number of hydrogen-bond donors (Lipinski definition) is 1. The van der Waals surface area contributed by atoms with Gasteiger partial charge in [0.05, 0.1) is 11.6 Å². The number of furan rings is 1. The fourth-order valence-electron chi connectivity index (χ4n) is 2.19. The van der Waals surface area contributed by atoms with Crippen molar-refractivity contribution < 1.29 is 4.42 Å². The third-order valence-corrected chi connectivity index (χ3v) is 4.05. The first-order valence-electron chi connectivity index (χ1n) is 6.66. The summed E-state index contributed by atoms with van der Waals surface area (Å²) in [6, 6.07) is 4.29. The Morgan fingerprint density at radius 2 is 2.11 bits per heavy atom. The van der Waals surface area contributed by atoms with Crippen molar-refractivity contribution in [2.75, 3.05) is 0 Å². The van der Waals surface area contributed by atoms with Gasteiger partial charge in [-0.3, -0.25) is 0 Å². The normalized spacial score (nSPS) is 11.7. The molecule has 1 heterocycles. The molecule has 0 fully saturated rings. The molecule has 0 unspecified atom stereocenters. The fraction of sp³-hybridized carbons (Fsp3) is 0.467. The van der Waals surface area contributed by atoms with Gasteiger partial charge >= 0.3 is 0 Å². The smallest absolute Gasteiger partial charge is 0.154 e. The summed E-state index contributed by atoms with van der Waals surface area (Å²) < 4.78 is 7.04. The topological polar surface area (TPSA) is 25.2 Å². The molecule has 0 spiro atoms. The van der Waals surface area contributed by atoms with Crippen molar-refractivity contribution in [1.82, 2.24) is 5.32 Å². The first-order chi connectivity index (χ1) is 9.04. The van der Waals surface area contributed by atoms with Gasteiger partial charge in [0.2, 0.25) is 0 Å². The lowest BCUT2D eigenvalue weighted by atomic mass is 10.1. The van der Waals surface area contributed by atoms with E-state index in [1.165, 1.54) is 5.56 Å². The van der Waals surface area contributed by atoms with Crippen molar-refractivity contribution in [3.8, 4) is 0 Å². The lowest BCUT2D eigenvalue weighted by Gasteiger charge is -2.07. The Hall–Kier alpha value is -0.510. The summed E-state index contributed by atoms with van der Waals surface area (Å²) in [6.07, 6.45) is 2.09. The molecule has 2 rings (SSSR count). The van der Waals surface area contributed by atoms with Crippen molar-refractivity contribution >= 4 is 38.5 Å². The standard InChI is InChI=1S/C15H19BrClNO/c1-4-5-10-13(8-18-9(2)3)19-15-12(17)7-6-11(16)14(10)15/h6-7,9,18H,4-5,8H2,1-3H3. The predicted molar refractivity (Wildman–Crippen MR) is 84.9 cm³/mol. The number of benzene rings is 1. The van der Waals surface area contributed by atoms with E-state index in [0.29, 0.717) is 11.1 Å². The van der Waals surface area contributed by atoms with Crippen molar-refractivity contribution in [3.05, 3.63) is 33.0 Å². The van der Waals surface area contributed by atoms with Crippen molar-refractivity contribution in [2.24, 2.45) is 0 Å². The quantitative estimate of drug-likeness (QED) is 0.796. The molecule has 4 heteroatoms. The van der Waals surface area contributed by atoms with Gasteiger partial charge in [0, 0.05) is 21.5 Å². The van der Waals surface area contributed by atoms with E-state index < -0.39 is 0 Å². The Labute approximate surface area is 127 Å². The van der Waals surface area contributed by atoms with Crippen LogP contribution < -0.4 is 5.32 Å². The van der Waals surface area contributed by atoms with E-state index in [0.717, 1.165) is 40.6 Å². The molecular formula is C15H19BrClNO. The summed E-state index contributed by atoms with van der Waals surface area (Å²) in [7, 11) is 0. The molecule has 2 nitrogen and oxygen atoms in total. The highest BCUT2D eigenvalue weighted by Crippen LogP contribution is 2.37. The molecule has 0 radical (unpaired) electrons. The molecule has 19 heavy (non-hydrogen) atoms. The maximum Gasteiger partial charge on any atom is 0.154 e. The average molecular weight is 345 g/mol. The van der Waals surface area contributed by atoms with Gasteiger partial charge in [-0.15, -0.1) is 0 Å². The van der Waals surface area contributed by atoms with Crippen LogP contribution in [-0.2, 0) is 13.0 Å². The third-order valence-electron chi connectivity index (χ3n) is 3.09. The molecule has 0 bridgehead atoms. The average Bonchev–Trinajstić information content (AvgIpc) is 2.72. The molecular weight excluding hydrogens is 326 g/mol. The lowest BCUT2D eigenvalue weighted by Crippen LogP contribution is -2.22. The number of hydrogen-bond acceptors (Lipinski definition) is 2. The summed E-state index contributed by atoms with van der Waals surface area (Å²) in [5.74, 6) is 0.999. The van der Waals surface area contributed by atoms with Crippen LogP contribution in [0.1, 0.15) is 38.5 Å². The molecule has 0 atom stereocenters. The fourth-order valence-corrected chi connectivity index (χ4v) is 2.94. The second kappa shape index (κ2) is 6.29. The molecule has 1 aromatic heterocycles. The van der Waals surface area contributed by atoms with Crippen molar-refractivity contribution in [3.63, 3.8) is 0 Å². The van der Waals surface area contributed by atoms with Crippen molar-refractivity contribution in [2.45, 2.75) is 46.2 Å². The van der Waals surface area contributed by atoms with Gasteiger partial charge in [0.15, 0.2) is 5.58 Å². The maximum atomic E-state index is 6.24. The summed E-state index contributed by atoms with van der Waals surface area (Å²) in [6.45, 7) is 7.18. The maximum absolute atomic E-state index is 6.24. The first kappa shape index (κ1) is 14.9. The van der Waals surface area contributed by atoms with Gasteiger partial charge in [-0.2, -0.15) is 0 Å². The molecule has 1 aromatic carbocycles. The van der Waals surface area contributed by atoms with Gasteiger partial charge in [-0.1, -0.05) is 54.7 Å². The molecule has 0 saturated heterocycles. The number of rotatable bonds is 5. The zero-order valence-electron chi connectivity index (χ0n) is 11.5. The Morgan fingerprint density at radius 3 is 2.74 bits per heavy atom. The van der Waals surface area contributed by atoms with Crippen LogP contribution in [0.5, 0.6) is 0 Å². The second-order valence-corrected chi connectivity index (χ2v) is 6.28. The van der Waals surface area contributed by atoms with Gasteiger partial charge in [-0.05, 0) is 18.6 Å². The van der Waals surface area contributed by atoms with Gasteiger partial charge < -0.3 is 9.73 Å². The van der Waals surface area contributed by atoms with Crippen LogP contribution >= 0.6 is 27.5 Å². The number of aryl methyl sites for hydroxylation is 1. The molecule has 0 saturated carbocycles. The minimum absolute atomic E-state index is 0.432. The van der Waals surface area contributed by atoms with E-state index in [1.807, 2.05) is 12.1 Å². The van der Waals surface area contributed by atoms with Crippen LogP contribution in [-0.4, -0.2) is 6.04 Å². The number of halogens is 2. The van der Waals surface area contributed by atoms with Crippen LogP contribution in [0.25, 0.3) is 11.0 Å². The zero-order valence-corrected chi connectivity index (χ0v) is 13.9. The Morgan fingerprint density at radius 1 is 1.37 bits per heavy atom. The van der Waals surface area contributed by atoms with E-state index in [1.54, 1.807) is 0 Å². The van der Waals surface area contributed by atoms with Crippen LogP contribution in [0, 0.1) is 0 Å². The molecule has 0 aliphatic rings. The van der Waals surface area contributed by atoms with Crippen molar-refractivity contribution in [1.29, 1.82) is 0 Å². The highest BCUT2D eigenvalue weighted by atomic mass is 79.9. The van der Waals surface area contributed by atoms with Gasteiger partial charge in [0.1, 0.15) is 5.76 Å². The summed E-state index contributed by atoms with van der Waals surface area (Å²) in [4.78, 5) is 0. The van der Waals surface area contributed by atoms with Crippen LogP contribution in [0.4, 0.5) is 0 Å². The minimum atomic E-state index is 0.432. The molecule has 2 aromatic rings.